The smallest absolute Gasteiger partial charge is 0.343 e. The third kappa shape index (κ3) is 8.24. The van der Waals surface area contributed by atoms with E-state index in [0.717, 1.165) is 29.8 Å². The number of ether oxygens (including phenoxy) is 1. The van der Waals surface area contributed by atoms with Gasteiger partial charge in [-0.2, -0.15) is 0 Å². The van der Waals surface area contributed by atoms with Gasteiger partial charge >= 0.3 is 6.03 Å². The number of amides is 5. The van der Waals surface area contributed by atoms with Crippen LogP contribution in [0.2, 0.25) is 0 Å². The summed E-state index contributed by atoms with van der Waals surface area (Å²) in [4.78, 5) is 56.5. The van der Waals surface area contributed by atoms with E-state index >= 15 is 0 Å². The summed E-state index contributed by atoms with van der Waals surface area (Å²) in [6.45, 7) is 3.79. The summed E-state index contributed by atoms with van der Waals surface area (Å²) in [6, 6.07) is 7.80. The van der Waals surface area contributed by atoms with Gasteiger partial charge in [0.05, 0.1) is 18.4 Å². The average Bonchev–Trinajstić information content (AvgIpc) is 3.16. The zero-order valence-corrected chi connectivity index (χ0v) is 21.5. The maximum Gasteiger partial charge on any atom is 0.343 e. The van der Waals surface area contributed by atoms with Crippen molar-refractivity contribution in [2.24, 2.45) is 17.8 Å². The number of carbonyl (C=O) groups is 4. The number of aliphatic hydroxyl groups excluding tert-OH is 1. The standard InChI is InChI=1S/C26H38N4O7/c1-17(2)15-20(23(32)28-30-21(16-31)25(34)27-26(30)35)19(12-8-11-18-9-4-3-5-10-18)24(33)29-37-22-13-6-7-14-36-22/h3-5,9-10,17,19-22,31H,6-8,11-16H2,1-2H3,(H,28,32)(H,29,33)(H,27,34,35)/t19-,20+,21-,22?/m0/s1. The highest BCUT2D eigenvalue weighted by Crippen LogP contribution is 2.27. The van der Waals surface area contributed by atoms with Gasteiger partial charge in [0, 0.05) is 13.0 Å². The number of urea groups is 1. The van der Waals surface area contributed by atoms with E-state index in [2.05, 4.69) is 16.2 Å². The van der Waals surface area contributed by atoms with Gasteiger partial charge < -0.3 is 9.84 Å². The Morgan fingerprint density at radius 1 is 1.16 bits per heavy atom. The van der Waals surface area contributed by atoms with Crippen LogP contribution in [0.5, 0.6) is 0 Å². The maximum absolute atomic E-state index is 13.5. The number of aliphatic hydroxyl groups is 1. The molecule has 2 aliphatic heterocycles. The Labute approximate surface area is 217 Å². The molecule has 0 aliphatic carbocycles. The summed E-state index contributed by atoms with van der Waals surface area (Å²) in [5, 5.41) is 12.4. The van der Waals surface area contributed by atoms with Crippen LogP contribution in [0.1, 0.15) is 57.9 Å². The van der Waals surface area contributed by atoms with Crippen LogP contribution in [0.15, 0.2) is 30.3 Å². The van der Waals surface area contributed by atoms with E-state index in [0.29, 0.717) is 32.3 Å². The number of benzene rings is 1. The number of hydroxylamine groups is 1. The summed E-state index contributed by atoms with van der Waals surface area (Å²) in [7, 11) is 0. The van der Waals surface area contributed by atoms with Gasteiger partial charge in [-0.1, -0.05) is 44.2 Å². The Kier molecular flexibility index (Phi) is 10.8. The number of nitrogens with zero attached hydrogens (tertiary/aromatic N) is 1. The van der Waals surface area contributed by atoms with Crippen molar-refractivity contribution in [3.8, 4) is 0 Å². The molecule has 0 spiro atoms. The minimum Gasteiger partial charge on any atom is -0.394 e. The van der Waals surface area contributed by atoms with Gasteiger partial charge in [0.15, 0.2) is 12.3 Å². The van der Waals surface area contributed by atoms with E-state index in [1.165, 1.54) is 0 Å². The molecule has 0 saturated carbocycles. The van der Waals surface area contributed by atoms with Gasteiger partial charge in [-0.05, 0) is 50.0 Å². The lowest BCUT2D eigenvalue weighted by Crippen LogP contribution is -2.54. The largest absolute Gasteiger partial charge is 0.394 e. The zero-order chi connectivity index (χ0) is 26.8. The second-order valence-corrected chi connectivity index (χ2v) is 9.94. The highest BCUT2D eigenvalue weighted by molar-refractivity contribution is 6.05. The minimum absolute atomic E-state index is 0.0606. The number of hydrazine groups is 1. The molecule has 2 heterocycles. The fraction of sp³-hybridized carbons (Fsp3) is 0.615. The predicted molar refractivity (Wildman–Crippen MR) is 133 cm³/mol. The SMILES string of the molecule is CC(C)C[C@@H](C(=O)NN1C(=O)NC(=O)[C@@H]1CO)[C@H](CCCc1ccccc1)C(=O)NOC1CCCCO1. The van der Waals surface area contributed by atoms with Crippen molar-refractivity contribution in [2.45, 2.75) is 71.1 Å². The Balaban J connectivity index is 1.75. The Hall–Kier alpha value is -3.02. The molecular weight excluding hydrogens is 480 g/mol. The first kappa shape index (κ1) is 28.5. The van der Waals surface area contributed by atoms with Crippen LogP contribution < -0.4 is 16.2 Å². The number of carbonyl (C=O) groups excluding carboxylic acids is 4. The van der Waals surface area contributed by atoms with Crippen molar-refractivity contribution >= 4 is 23.8 Å². The molecule has 4 N–H and O–H groups in total. The van der Waals surface area contributed by atoms with Crippen LogP contribution >= 0.6 is 0 Å². The van der Waals surface area contributed by atoms with Crippen molar-refractivity contribution in [2.75, 3.05) is 13.2 Å². The molecule has 3 rings (SSSR count). The molecule has 11 heteroatoms. The number of hydrogen-bond donors (Lipinski definition) is 4. The van der Waals surface area contributed by atoms with Gasteiger partial charge in [-0.25, -0.2) is 20.1 Å². The number of nitrogens with one attached hydrogen (secondary N) is 3. The second-order valence-electron chi connectivity index (χ2n) is 9.94. The highest BCUT2D eigenvalue weighted by atomic mass is 16.8. The number of imide groups is 1. The van der Waals surface area contributed by atoms with E-state index in [4.69, 9.17) is 9.57 Å². The molecule has 0 aromatic heterocycles. The molecule has 2 aliphatic rings. The molecule has 1 aromatic rings. The second kappa shape index (κ2) is 14.1. The predicted octanol–water partition coefficient (Wildman–Crippen LogP) is 1.81. The first-order valence-electron chi connectivity index (χ1n) is 13.0. The van der Waals surface area contributed by atoms with Crippen molar-refractivity contribution in [3.05, 3.63) is 35.9 Å². The van der Waals surface area contributed by atoms with Crippen molar-refractivity contribution in [1.82, 2.24) is 21.2 Å². The summed E-state index contributed by atoms with van der Waals surface area (Å²) in [5.74, 6) is -3.23. The van der Waals surface area contributed by atoms with Crippen LogP contribution in [0, 0.1) is 17.8 Å². The monoisotopic (exact) mass is 518 g/mol. The molecule has 204 valence electrons. The van der Waals surface area contributed by atoms with Crippen molar-refractivity contribution < 1.29 is 33.9 Å². The van der Waals surface area contributed by atoms with E-state index in [-0.39, 0.29) is 5.92 Å². The van der Waals surface area contributed by atoms with Crippen LogP contribution in [0.4, 0.5) is 4.79 Å². The van der Waals surface area contributed by atoms with E-state index < -0.39 is 54.5 Å². The topological polar surface area (TPSA) is 146 Å². The molecule has 2 fully saturated rings. The lowest BCUT2D eigenvalue weighted by molar-refractivity contribution is -0.203. The van der Waals surface area contributed by atoms with Gasteiger partial charge in [-0.3, -0.25) is 25.1 Å². The highest BCUT2D eigenvalue weighted by Gasteiger charge is 2.42. The van der Waals surface area contributed by atoms with Crippen LogP contribution in [0.3, 0.4) is 0 Å². The quantitative estimate of drug-likeness (QED) is 0.230. The van der Waals surface area contributed by atoms with Crippen LogP contribution in [0.25, 0.3) is 0 Å². The molecule has 4 atom stereocenters. The molecule has 37 heavy (non-hydrogen) atoms. The third-order valence-corrected chi connectivity index (χ3v) is 6.60. The number of rotatable bonds is 13. The Bertz CT molecular complexity index is 921. The Morgan fingerprint density at radius 3 is 2.57 bits per heavy atom. The lowest BCUT2D eigenvalue weighted by Gasteiger charge is -2.30. The Morgan fingerprint density at radius 2 is 1.92 bits per heavy atom. The summed E-state index contributed by atoms with van der Waals surface area (Å²) >= 11 is 0. The zero-order valence-electron chi connectivity index (χ0n) is 21.5. The first-order valence-corrected chi connectivity index (χ1v) is 13.0. The van der Waals surface area contributed by atoms with E-state index in [1.54, 1.807) is 0 Å². The summed E-state index contributed by atoms with van der Waals surface area (Å²) in [5.41, 5.74) is 6.10. The van der Waals surface area contributed by atoms with Gasteiger partial charge in [0.25, 0.3) is 5.91 Å². The summed E-state index contributed by atoms with van der Waals surface area (Å²) in [6.07, 6.45) is 4.13. The van der Waals surface area contributed by atoms with Crippen LogP contribution in [-0.2, 0) is 30.4 Å². The van der Waals surface area contributed by atoms with Crippen LogP contribution in [-0.4, -0.2) is 59.4 Å². The van der Waals surface area contributed by atoms with E-state index in [9.17, 15) is 24.3 Å². The van der Waals surface area contributed by atoms with Gasteiger partial charge in [0.2, 0.25) is 11.8 Å². The molecule has 0 radical (unpaired) electrons. The fourth-order valence-corrected chi connectivity index (χ4v) is 4.65. The molecular formula is C26H38N4O7. The average molecular weight is 519 g/mol. The van der Waals surface area contributed by atoms with Gasteiger partial charge in [-0.15, -0.1) is 0 Å². The fourth-order valence-electron chi connectivity index (χ4n) is 4.65. The minimum atomic E-state index is -1.23. The van der Waals surface area contributed by atoms with Crippen molar-refractivity contribution in [1.29, 1.82) is 0 Å². The molecule has 1 aromatic carbocycles. The summed E-state index contributed by atoms with van der Waals surface area (Å²) < 4.78 is 5.53. The molecule has 2 saturated heterocycles. The molecule has 5 amide bonds. The van der Waals surface area contributed by atoms with E-state index in [1.807, 2.05) is 44.2 Å². The molecule has 0 bridgehead atoms. The molecule has 1 unspecified atom stereocenters. The number of hydrogen-bond acceptors (Lipinski definition) is 7. The normalized spacial score (nSPS) is 21.5. The van der Waals surface area contributed by atoms with Gasteiger partial charge in [0.1, 0.15) is 0 Å². The lowest BCUT2D eigenvalue weighted by atomic mass is 9.81. The first-order chi connectivity index (χ1) is 17.8. The maximum atomic E-state index is 13.5. The number of aryl methyl sites for hydroxylation is 1. The molecule has 11 nitrogen and oxygen atoms in total. The van der Waals surface area contributed by atoms with Crippen molar-refractivity contribution in [3.63, 3.8) is 0 Å². The third-order valence-electron chi connectivity index (χ3n) is 6.60.